The van der Waals surface area contributed by atoms with Crippen LogP contribution in [0.15, 0.2) is 47.5 Å². The number of phenols is 1. The third-order valence-corrected chi connectivity index (χ3v) is 8.57. The van der Waals surface area contributed by atoms with Crippen molar-refractivity contribution in [2.24, 2.45) is 39.6 Å². The molecule has 0 bridgehead atoms. The van der Waals surface area contributed by atoms with Crippen LogP contribution in [0.3, 0.4) is 0 Å². The molecular weight excluding hydrogens is 602 g/mol. The number of guanidine groups is 1. The first-order chi connectivity index (χ1) is 22.3. The Labute approximate surface area is 275 Å². The van der Waals surface area contributed by atoms with Crippen LogP contribution in [-0.4, -0.2) is 71.4 Å². The molecule has 1 aliphatic rings. The van der Waals surface area contributed by atoms with Gasteiger partial charge in [-0.15, -0.1) is 0 Å². The number of nitrogens with one attached hydrogen (secondary N) is 3. The third-order valence-electron chi connectivity index (χ3n) is 8.57. The van der Waals surface area contributed by atoms with Gasteiger partial charge in [-0.25, -0.2) is 0 Å². The molecule has 14 nitrogen and oxygen atoms in total. The highest BCUT2D eigenvalue weighted by Gasteiger charge is 2.61. The smallest absolute Gasteiger partial charge is 0.246 e. The lowest BCUT2D eigenvalue weighted by molar-refractivity contribution is -0.134. The van der Waals surface area contributed by atoms with E-state index in [2.05, 4.69) is 20.9 Å². The van der Waals surface area contributed by atoms with Gasteiger partial charge in [0.15, 0.2) is 5.96 Å². The van der Waals surface area contributed by atoms with E-state index >= 15 is 0 Å². The van der Waals surface area contributed by atoms with E-state index < -0.39 is 47.3 Å². The van der Waals surface area contributed by atoms with Gasteiger partial charge in [-0.05, 0) is 92.8 Å². The largest absolute Gasteiger partial charge is 0.508 e. The minimum atomic E-state index is -1.33. The quantitative estimate of drug-likeness (QED) is 0.0556. The Morgan fingerprint density at radius 3 is 2.21 bits per heavy atom. The highest BCUT2D eigenvalue weighted by Crippen LogP contribution is 2.47. The highest BCUT2D eigenvalue weighted by molar-refractivity contribution is 5.99. The second-order valence-electron chi connectivity index (χ2n) is 12.3. The molecule has 0 spiro atoms. The summed E-state index contributed by atoms with van der Waals surface area (Å²) in [6, 6.07) is 9.20. The van der Waals surface area contributed by atoms with Crippen LogP contribution in [0.25, 0.3) is 0 Å². The Morgan fingerprint density at radius 1 is 0.957 bits per heavy atom. The fourth-order valence-corrected chi connectivity index (χ4v) is 5.83. The Bertz CT molecular complexity index is 1420. The molecule has 4 amide bonds. The fraction of sp³-hybridized carbons (Fsp3) is 0.485. The van der Waals surface area contributed by atoms with Crippen molar-refractivity contribution in [3.05, 3.63) is 64.7 Å². The summed E-state index contributed by atoms with van der Waals surface area (Å²) in [5.41, 5.74) is 30.0. The summed E-state index contributed by atoms with van der Waals surface area (Å²) in [7, 11) is 0. The second-order valence-corrected chi connectivity index (χ2v) is 12.3. The zero-order chi connectivity index (χ0) is 34.7. The average Bonchev–Trinajstić information content (AvgIpc) is 3.72. The number of hydrogen-bond acceptors (Lipinski definition) is 8. The molecule has 47 heavy (non-hydrogen) atoms. The molecule has 0 heterocycles. The molecule has 256 valence electrons. The number of nitrogens with zero attached hydrogens (tertiary/aromatic N) is 1. The van der Waals surface area contributed by atoms with Gasteiger partial charge >= 0.3 is 0 Å². The molecule has 2 aromatic carbocycles. The van der Waals surface area contributed by atoms with E-state index in [0.29, 0.717) is 32.2 Å². The van der Waals surface area contributed by atoms with Crippen molar-refractivity contribution < 1.29 is 24.3 Å². The van der Waals surface area contributed by atoms with Crippen molar-refractivity contribution in [3.8, 4) is 5.75 Å². The molecule has 1 aliphatic carbocycles. The maximum atomic E-state index is 14.1. The second kappa shape index (κ2) is 16.7. The van der Waals surface area contributed by atoms with E-state index in [4.69, 9.17) is 28.7 Å². The molecule has 5 atom stereocenters. The van der Waals surface area contributed by atoms with Gasteiger partial charge in [0.25, 0.3) is 0 Å². The Kier molecular flexibility index (Phi) is 13.1. The first-order valence-electron chi connectivity index (χ1n) is 15.8. The number of primary amides is 1. The fourth-order valence-electron chi connectivity index (χ4n) is 5.83. The van der Waals surface area contributed by atoms with Crippen molar-refractivity contribution in [1.82, 2.24) is 16.0 Å². The van der Waals surface area contributed by atoms with Crippen LogP contribution in [-0.2, 0) is 32.0 Å². The Balaban J connectivity index is 1.86. The number of carbonyl (C=O) groups is 4. The molecule has 0 radical (unpaired) electrons. The molecule has 0 aliphatic heterocycles. The lowest BCUT2D eigenvalue weighted by Crippen LogP contribution is -2.60. The van der Waals surface area contributed by atoms with Crippen LogP contribution in [0.1, 0.15) is 54.4 Å². The zero-order valence-corrected chi connectivity index (χ0v) is 27.1. The normalized spacial score (nSPS) is 18.7. The number of nitrogens with two attached hydrogens (primary N) is 5. The SMILES string of the molecule is Cc1cc(O)cc(C)c1C[C@H](NC(=O)[C@H](N)CCCN=C(N)N)C(=O)NC1(C(=O)N[C@@H](Cc2ccccc2)C(N)=O)CC1CCCN. The number of phenolic OH excluding ortho intramolecular Hbond substituents is 1. The molecule has 2 aromatic rings. The summed E-state index contributed by atoms with van der Waals surface area (Å²) in [6.07, 6.45) is 2.46. The van der Waals surface area contributed by atoms with Crippen molar-refractivity contribution >= 4 is 29.6 Å². The summed E-state index contributed by atoms with van der Waals surface area (Å²) in [4.78, 5) is 57.4. The van der Waals surface area contributed by atoms with E-state index in [0.717, 1.165) is 22.3 Å². The molecule has 1 fully saturated rings. The number of aromatic hydroxyl groups is 1. The van der Waals surface area contributed by atoms with Gasteiger partial charge < -0.3 is 49.7 Å². The molecule has 0 aromatic heterocycles. The summed E-state index contributed by atoms with van der Waals surface area (Å²) < 4.78 is 0. The maximum Gasteiger partial charge on any atom is 0.246 e. The van der Waals surface area contributed by atoms with Gasteiger partial charge in [-0.2, -0.15) is 0 Å². The minimum absolute atomic E-state index is 0.0654. The first-order valence-corrected chi connectivity index (χ1v) is 15.8. The van der Waals surface area contributed by atoms with Crippen LogP contribution in [0.4, 0.5) is 0 Å². The van der Waals surface area contributed by atoms with Gasteiger partial charge in [0.2, 0.25) is 23.6 Å². The van der Waals surface area contributed by atoms with Gasteiger partial charge in [0.05, 0.1) is 6.04 Å². The highest BCUT2D eigenvalue weighted by atomic mass is 16.3. The van der Waals surface area contributed by atoms with Crippen molar-refractivity contribution in [3.63, 3.8) is 0 Å². The number of rotatable bonds is 18. The lowest BCUT2D eigenvalue weighted by atomic mass is 9.94. The summed E-state index contributed by atoms with van der Waals surface area (Å²) >= 11 is 0. The summed E-state index contributed by atoms with van der Waals surface area (Å²) in [5, 5.41) is 18.5. The molecule has 14 N–H and O–H groups in total. The molecular formula is C33H49N9O5. The van der Waals surface area contributed by atoms with Crippen LogP contribution in [0.5, 0.6) is 5.75 Å². The topological polar surface area (TPSA) is 267 Å². The Morgan fingerprint density at radius 2 is 1.62 bits per heavy atom. The molecule has 3 rings (SSSR count). The van der Waals surface area contributed by atoms with E-state index in [1.807, 2.05) is 30.3 Å². The number of amides is 4. The number of carbonyl (C=O) groups excluding carboxylic acids is 4. The number of benzene rings is 2. The van der Waals surface area contributed by atoms with Crippen molar-refractivity contribution in [2.45, 2.75) is 82.5 Å². The van der Waals surface area contributed by atoms with E-state index in [1.165, 1.54) is 0 Å². The monoisotopic (exact) mass is 651 g/mol. The van der Waals surface area contributed by atoms with Crippen molar-refractivity contribution in [1.29, 1.82) is 0 Å². The van der Waals surface area contributed by atoms with E-state index in [9.17, 15) is 24.3 Å². The third kappa shape index (κ3) is 10.4. The average molecular weight is 652 g/mol. The predicted molar refractivity (Wildman–Crippen MR) is 180 cm³/mol. The van der Waals surface area contributed by atoms with Crippen LogP contribution < -0.4 is 44.6 Å². The predicted octanol–water partition coefficient (Wildman–Crippen LogP) is -0.756. The summed E-state index contributed by atoms with van der Waals surface area (Å²) in [5.74, 6) is -2.63. The maximum absolute atomic E-state index is 14.1. The van der Waals surface area contributed by atoms with Crippen molar-refractivity contribution in [2.75, 3.05) is 13.1 Å². The Hall–Kier alpha value is -4.69. The van der Waals surface area contributed by atoms with Crippen LogP contribution >= 0.6 is 0 Å². The molecule has 14 heteroatoms. The standard InChI is InChI=1S/C33H49N9O5/c1-19-14-23(43)15-20(2)24(19)17-27(40-29(45)25(35)11-7-13-39-32(37)38)30(46)42-33(18-22(33)10-6-12-34)31(47)41-26(28(36)44)16-21-8-4-3-5-9-21/h3-5,8-9,14-15,22,25-27,43H,6-7,10-13,16-18,34-35H2,1-2H3,(H2,36,44)(H,40,45)(H,41,47)(H,42,46)(H4,37,38,39)/t22?,25-,26+,27+,33?/m1/s1. The molecule has 1 saturated carbocycles. The van der Waals surface area contributed by atoms with Gasteiger partial charge in [-0.1, -0.05) is 30.3 Å². The summed E-state index contributed by atoms with van der Waals surface area (Å²) in [6.45, 7) is 4.28. The minimum Gasteiger partial charge on any atom is -0.508 e. The molecule has 0 saturated heterocycles. The number of hydrogen-bond donors (Lipinski definition) is 9. The number of aryl methyl sites for hydroxylation is 2. The van der Waals surface area contributed by atoms with Crippen LogP contribution in [0.2, 0.25) is 0 Å². The molecule has 2 unspecified atom stereocenters. The van der Waals surface area contributed by atoms with E-state index in [-0.39, 0.29) is 43.4 Å². The van der Waals surface area contributed by atoms with E-state index in [1.54, 1.807) is 26.0 Å². The van der Waals surface area contributed by atoms with Gasteiger partial charge in [0, 0.05) is 19.4 Å². The van der Waals surface area contributed by atoms with Crippen LogP contribution in [0, 0.1) is 19.8 Å². The zero-order valence-electron chi connectivity index (χ0n) is 27.1. The van der Waals surface area contributed by atoms with Gasteiger partial charge in [0.1, 0.15) is 23.4 Å². The number of aliphatic imine (C=N–C) groups is 1. The lowest BCUT2D eigenvalue weighted by Gasteiger charge is -2.27. The van der Waals surface area contributed by atoms with Gasteiger partial charge in [-0.3, -0.25) is 24.2 Å². The first kappa shape index (κ1) is 36.8.